The van der Waals surface area contributed by atoms with E-state index in [0.29, 0.717) is 19.0 Å². The van der Waals surface area contributed by atoms with Gasteiger partial charge in [0.05, 0.1) is 18.7 Å². The number of piperidine rings is 1. The fraction of sp³-hybridized carbons (Fsp3) is 0.500. The Kier molecular flexibility index (Phi) is 5.76. The summed E-state index contributed by atoms with van der Waals surface area (Å²) in [6.07, 6.45) is 3.30. The van der Waals surface area contributed by atoms with E-state index in [-0.39, 0.29) is 18.1 Å². The fourth-order valence-electron chi connectivity index (χ4n) is 4.30. The smallest absolute Gasteiger partial charge is 0.227 e. The van der Waals surface area contributed by atoms with Crippen molar-refractivity contribution in [2.45, 2.75) is 38.1 Å². The predicted molar refractivity (Wildman–Crippen MR) is 110 cm³/mol. The number of benzene rings is 1. The first-order chi connectivity index (χ1) is 14.0. The van der Waals surface area contributed by atoms with Crippen LogP contribution < -0.4 is 5.32 Å². The third-order valence-corrected chi connectivity index (χ3v) is 5.93. The van der Waals surface area contributed by atoms with Crippen LogP contribution in [0.1, 0.15) is 41.4 Å². The van der Waals surface area contributed by atoms with Gasteiger partial charge in [0, 0.05) is 38.0 Å². The lowest BCUT2D eigenvalue weighted by Gasteiger charge is -2.32. The van der Waals surface area contributed by atoms with Crippen molar-refractivity contribution >= 4 is 11.7 Å². The summed E-state index contributed by atoms with van der Waals surface area (Å²) >= 11 is 0. The van der Waals surface area contributed by atoms with Gasteiger partial charge in [-0.1, -0.05) is 12.1 Å². The SMILES string of the molecule is CNc1nc(C2CCCN(C)C2)nc2c1CN(C(=O)Cc1ccc(F)cc1)CC2. The van der Waals surface area contributed by atoms with Gasteiger partial charge in [-0.25, -0.2) is 14.4 Å². The summed E-state index contributed by atoms with van der Waals surface area (Å²) in [5.41, 5.74) is 2.89. The highest BCUT2D eigenvalue weighted by Crippen LogP contribution is 2.29. The van der Waals surface area contributed by atoms with E-state index in [1.165, 1.54) is 18.6 Å². The van der Waals surface area contributed by atoms with E-state index in [1.807, 2.05) is 11.9 Å². The molecule has 6 nitrogen and oxygen atoms in total. The number of nitrogens with zero attached hydrogens (tertiary/aromatic N) is 4. The zero-order valence-corrected chi connectivity index (χ0v) is 17.1. The maximum absolute atomic E-state index is 13.1. The number of amides is 1. The van der Waals surface area contributed by atoms with Gasteiger partial charge in [0.25, 0.3) is 0 Å². The van der Waals surface area contributed by atoms with Crippen molar-refractivity contribution in [1.82, 2.24) is 19.8 Å². The molecule has 4 rings (SSSR count). The normalized spacial score (nSPS) is 19.7. The molecule has 0 aliphatic carbocycles. The molecule has 1 unspecified atom stereocenters. The number of fused-ring (bicyclic) bond motifs is 1. The summed E-state index contributed by atoms with van der Waals surface area (Å²) in [7, 11) is 4.02. The molecule has 0 radical (unpaired) electrons. The lowest BCUT2D eigenvalue weighted by atomic mass is 9.96. The van der Waals surface area contributed by atoms with Gasteiger partial charge in [-0.15, -0.1) is 0 Å². The standard InChI is InChI=1S/C22H28FN5O/c1-24-22-18-14-28(20(29)12-15-5-7-17(23)8-6-15)11-9-19(18)25-21(26-22)16-4-3-10-27(2)13-16/h5-8,16H,3-4,9-14H2,1-2H3,(H,24,25,26). The third-order valence-electron chi connectivity index (χ3n) is 5.93. The zero-order valence-electron chi connectivity index (χ0n) is 17.1. The van der Waals surface area contributed by atoms with Crippen LogP contribution in [0.3, 0.4) is 0 Å². The van der Waals surface area contributed by atoms with Gasteiger partial charge in [-0.2, -0.15) is 0 Å². The number of anilines is 1. The molecule has 1 aromatic heterocycles. The Morgan fingerprint density at radius 3 is 2.76 bits per heavy atom. The first kappa shape index (κ1) is 19.8. The largest absolute Gasteiger partial charge is 0.373 e. The molecule has 1 fully saturated rings. The summed E-state index contributed by atoms with van der Waals surface area (Å²) in [4.78, 5) is 26.7. The molecule has 1 amide bonds. The Morgan fingerprint density at radius 2 is 2.03 bits per heavy atom. The number of carbonyl (C=O) groups is 1. The van der Waals surface area contributed by atoms with Crippen LogP contribution in [0.15, 0.2) is 24.3 Å². The molecule has 1 atom stereocenters. The summed E-state index contributed by atoms with van der Waals surface area (Å²) in [6, 6.07) is 6.12. The summed E-state index contributed by atoms with van der Waals surface area (Å²) in [6.45, 7) is 3.28. The summed E-state index contributed by atoms with van der Waals surface area (Å²) < 4.78 is 13.1. The van der Waals surface area contributed by atoms with Crippen LogP contribution in [0.5, 0.6) is 0 Å². The lowest BCUT2D eigenvalue weighted by molar-refractivity contribution is -0.131. The molecular formula is C22H28FN5O. The Balaban J connectivity index is 1.51. The zero-order chi connectivity index (χ0) is 20.4. The first-order valence-electron chi connectivity index (χ1n) is 10.3. The maximum Gasteiger partial charge on any atom is 0.227 e. The van der Waals surface area contributed by atoms with Crippen molar-refractivity contribution in [3.8, 4) is 0 Å². The van der Waals surface area contributed by atoms with E-state index in [2.05, 4.69) is 17.3 Å². The highest BCUT2D eigenvalue weighted by molar-refractivity contribution is 5.79. The molecule has 1 aromatic carbocycles. The Morgan fingerprint density at radius 1 is 1.24 bits per heavy atom. The number of likely N-dealkylation sites (tertiary alicyclic amines) is 1. The first-order valence-corrected chi connectivity index (χ1v) is 10.3. The van der Waals surface area contributed by atoms with Crippen molar-refractivity contribution in [1.29, 1.82) is 0 Å². The van der Waals surface area contributed by atoms with Crippen LogP contribution in [0, 0.1) is 5.82 Å². The molecule has 1 saturated heterocycles. The molecule has 1 N–H and O–H groups in total. The van der Waals surface area contributed by atoms with Crippen molar-refractivity contribution < 1.29 is 9.18 Å². The third kappa shape index (κ3) is 4.40. The van der Waals surface area contributed by atoms with E-state index in [1.54, 1.807) is 12.1 Å². The molecule has 2 aliphatic heterocycles. The Bertz CT molecular complexity index is 868. The van der Waals surface area contributed by atoms with E-state index >= 15 is 0 Å². The van der Waals surface area contributed by atoms with Crippen LogP contribution >= 0.6 is 0 Å². The molecular weight excluding hydrogens is 369 g/mol. The molecule has 2 aliphatic rings. The monoisotopic (exact) mass is 397 g/mol. The van der Waals surface area contributed by atoms with Crippen molar-refractivity contribution in [2.24, 2.45) is 0 Å². The van der Waals surface area contributed by atoms with Crippen LogP contribution in [0.25, 0.3) is 0 Å². The fourth-order valence-corrected chi connectivity index (χ4v) is 4.30. The molecule has 154 valence electrons. The topological polar surface area (TPSA) is 61.4 Å². The maximum atomic E-state index is 13.1. The van der Waals surface area contributed by atoms with Crippen molar-refractivity contribution in [3.05, 3.63) is 52.7 Å². The minimum atomic E-state index is -0.288. The van der Waals surface area contributed by atoms with Gasteiger partial charge in [0.2, 0.25) is 5.91 Å². The summed E-state index contributed by atoms with van der Waals surface area (Å²) in [5, 5.41) is 3.22. The quantitative estimate of drug-likeness (QED) is 0.859. The number of rotatable bonds is 4. The molecule has 0 saturated carbocycles. The van der Waals surface area contributed by atoms with Crippen LogP contribution in [-0.4, -0.2) is 59.4 Å². The number of aromatic nitrogens is 2. The minimum absolute atomic E-state index is 0.0438. The van der Waals surface area contributed by atoms with E-state index in [9.17, 15) is 9.18 Å². The van der Waals surface area contributed by atoms with Gasteiger partial charge in [0.15, 0.2) is 0 Å². The average molecular weight is 397 g/mol. The number of likely N-dealkylation sites (N-methyl/N-ethyl adjacent to an activating group) is 1. The molecule has 2 aromatic rings. The van der Waals surface area contributed by atoms with Gasteiger partial charge in [0.1, 0.15) is 17.5 Å². The average Bonchev–Trinajstić information content (AvgIpc) is 2.74. The van der Waals surface area contributed by atoms with E-state index in [4.69, 9.17) is 9.97 Å². The number of hydrogen-bond donors (Lipinski definition) is 1. The number of halogens is 1. The summed E-state index contributed by atoms with van der Waals surface area (Å²) in [5.74, 6) is 1.87. The molecule has 3 heterocycles. The number of nitrogens with one attached hydrogen (secondary N) is 1. The minimum Gasteiger partial charge on any atom is -0.373 e. The lowest BCUT2D eigenvalue weighted by Crippen LogP contribution is -2.38. The number of carbonyl (C=O) groups excluding carboxylic acids is 1. The predicted octanol–water partition coefficient (Wildman–Crippen LogP) is 2.59. The van der Waals surface area contributed by atoms with Crippen LogP contribution in [0.2, 0.25) is 0 Å². The molecule has 29 heavy (non-hydrogen) atoms. The van der Waals surface area contributed by atoms with Crippen molar-refractivity contribution in [2.75, 3.05) is 39.0 Å². The van der Waals surface area contributed by atoms with Crippen molar-refractivity contribution in [3.63, 3.8) is 0 Å². The second kappa shape index (κ2) is 8.45. The highest BCUT2D eigenvalue weighted by Gasteiger charge is 2.28. The molecule has 0 bridgehead atoms. The molecule has 0 spiro atoms. The molecule has 7 heteroatoms. The van der Waals surface area contributed by atoms with Gasteiger partial charge in [-0.3, -0.25) is 4.79 Å². The second-order valence-corrected chi connectivity index (χ2v) is 8.08. The Labute approximate surface area is 171 Å². The van der Waals surface area contributed by atoms with Gasteiger partial charge < -0.3 is 15.1 Å². The number of hydrogen-bond acceptors (Lipinski definition) is 5. The second-order valence-electron chi connectivity index (χ2n) is 8.08. The van der Waals surface area contributed by atoms with Crippen LogP contribution in [0.4, 0.5) is 10.2 Å². The van der Waals surface area contributed by atoms with Gasteiger partial charge >= 0.3 is 0 Å². The van der Waals surface area contributed by atoms with Gasteiger partial charge in [-0.05, 0) is 44.1 Å². The van der Waals surface area contributed by atoms with E-state index < -0.39 is 0 Å². The highest BCUT2D eigenvalue weighted by atomic mass is 19.1. The van der Waals surface area contributed by atoms with E-state index in [0.717, 1.165) is 54.4 Å². The van der Waals surface area contributed by atoms with Crippen LogP contribution in [-0.2, 0) is 24.2 Å². The Hall–Kier alpha value is -2.54.